The Morgan fingerprint density at radius 3 is 2.27 bits per heavy atom. The van der Waals surface area contributed by atoms with Crippen molar-refractivity contribution in [3.8, 4) is 0 Å². The first-order chi connectivity index (χ1) is 15.4. The molecule has 7 nitrogen and oxygen atoms in total. The van der Waals surface area contributed by atoms with Crippen LogP contribution < -0.4 is 9.62 Å². The van der Waals surface area contributed by atoms with Crippen molar-refractivity contribution < 1.29 is 18.0 Å². The second kappa shape index (κ2) is 11.3. The number of aryl methyl sites for hydroxylation is 2. The SMILES string of the molecule is CCc1ccccc1N(CC(=O)N(Cc1cccc(C)c1)[C@@H](C)C(=O)NC(C)C)S(C)(=O)=O. The molecule has 0 aliphatic rings. The predicted octanol–water partition coefficient (Wildman–Crippen LogP) is 3.27. The third-order valence-electron chi connectivity index (χ3n) is 5.35. The van der Waals surface area contributed by atoms with Gasteiger partial charge in [-0.15, -0.1) is 0 Å². The van der Waals surface area contributed by atoms with Gasteiger partial charge in [0.1, 0.15) is 12.6 Å². The molecular formula is C25H35N3O4S. The summed E-state index contributed by atoms with van der Waals surface area (Å²) in [4.78, 5) is 27.8. The van der Waals surface area contributed by atoms with Crippen LogP contribution >= 0.6 is 0 Å². The summed E-state index contributed by atoms with van der Waals surface area (Å²) in [6, 6.07) is 14.0. The highest BCUT2D eigenvalue weighted by molar-refractivity contribution is 7.92. The summed E-state index contributed by atoms with van der Waals surface area (Å²) in [5.41, 5.74) is 3.21. The van der Waals surface area contributed by atoms with Gasteiger partial charge in [-0.2, -0.15) is 0 Å². The molecule has 0 saturated heterocycles. The third-order valence-corrected chi connectivity index (χ3v) is 6.48. The van der Waals surface area contributed by atoms with Gasteiger partial charge in [0, 0.05) is 12.6 Å². The molecule has 1 N–H and O–H groups in total. The van der Waals surface area contributed by atoms with E-state index in [1.165, 1.54) is 4.90 Å². The average Bonchev–Trinajstić information content (AvgIpc) is 2.74. The third kappa shape index (κ3) is 7.32. The van der Waals surface area contributed by atoms with Gasteiger partial charge in [0.25, 0.3) is 0 Å². The van der Waals surface area contributed by atoms with E-state index in [4.69, 9.17) is 0 Å². The number of benzene rings is 2. The number of hydrogen-bond acceptors (Lipinski definition) is 4. The van der Waals surface area contributed by atoms with Gasteiger partial charge in [0.05, 0.1) is 11.9 Å². The van der Waals surface area contributed by atoms with E-state index in [1.54, 1.807) is 19.1 Å². The molecule has 0 radical (unpaired) electrons. The smallest absolute Gasteiger partial charge is 0.244 e. The van der Waals surface area contributed by atoms with Crippen LogP contribution in [0.4, 0.5) is 5.69 Å². The Bertz CT molecular complexity index is 1080. The van der Waals surface area contributed by atoms with Crippen molar-refractivity contribution in [2.75, 3.05) is 17.1 Å². The average molecular weight is 474 g/mol. The normalized spacial score (nSPS) is 12.3. The summed E-state index contributed by atoms with van der Waals surface area (Å²) in [6.07, 6.45) is 1.71. The van der Waals surface area contributed by atoms with Gasteiger partial charge >= 0.3 is 0 Å². The molecule has 33 heavy (non-hydrogen) atoms. The van der Waals surface area contributed by atoms with Gasteiger partial charge in [0.2, 0.25) is 21.8 Å². The van der Waals surface area contributed by atoms with E-state index in [2.05, 4.69) is 5.32 Å². The number of carbonyl (C=O) groups is 2. The van der Waals surface area contributed by atoms with Crippen molar-refractivity contribution in [3.63, 3.8) is 0 Å². The first-order valence-electron chi connectivity index (χ1n) is 11.1. The molecule has 8 heteroatoms. The molecular weight excluding hydrogens is 438 g/mol. The fourth-order valence-electron chi connectivity index (χ4n) is 3.64. The molecule has 0 saturated carbocycles. The number of nitrogens with zero attached hydrogens (tertiary/aromatic N) is 2. The highest BCUT2D eigenvalue weighted by atomic mass is 32.2. The fourth-order valence-corrected chi connectivity index (χ4v) is 4.52. The number of hydrogen-bond donors (Lipinski definition) is 1. The standard InChI is InChI=1S/C25H35N3O4S/c1-7-22-13-8-9-14-23(22)28(33(6,31)32)17-24(29)27(20(5)25(30)26-18(2)3)16-21-12-10-11-19(4)15-21/h8-15,18,20H,7,16-17H2,1-6H3,(H,26,30)/t20-/m0/s1. The van der Waals surface area contributed by atoms with Gasteiger partial charge in [-0.25, -0.2) is 8.42 Å². The van der Waals surface area contributed by atoms with E-state index in [-0.39, 0.29) is 25.0 Å². The highest BCUT2D eigenvalue weighted by Gasteiger charge is 2.30. The topological polar surface area (TPSA) is 86.8 Å². The molecule has 2 rings (SSSR count). The molecule has 0 unspecified atom stereocenters. The Balaban J connectivity index is 2.43. The maximum Gasteiger partial charge on any atom is 0.244 e. The van der Waals surface area contributed by atoms with Crippen LogP contribution in [-0.4, -0.2) is 50.0 Å². The molecule has 0 fully saturated rings. The van der Waals surface area contributed by atoms with Crippen molar-refractivity contribution in [1.29, 1.82) is 0 Å². The van der Waals surface area contributed by atoms with E-state index in [0.717, 1.165) is 27.3 Å². The summed E-state index contributed by atoms with van der Waals surface area (Å²) < 4.78 is 26.5. The molecule has 1 atom stereocenters. The van der Waals surface area contributed by atoms with Crippen LogP contribution in [0, 0.1) is 6.92 Å². The van der Waals surface area contributed by atoms with Crippen molar-refractivity contribution in [2.24, 2.45) is 0 Å². The largest absolute Gasteiger partial charge is 0.352 e. The molecule has 0 spiro atoms. The summed E-state index contributed by atoms with van der Waals surface area (Å²) in [6.45, 7) is 9.06. The molecule has 0 aliphatic heterocycles. The number of nitrogens with one attached hydrogen (secondary N) is 1. The number of anilines is 1. The minimum absolute atomic E-state index is 0.0835. The number of rotatable bonds is 10. The molecule has 2 amide bonds. The molecule has 180 valence electrons. The van der Waals surface area contributed by atoms with Gasteiger partial charge in [0.15, 0.2) is 0 Å². The van der Waals surface area contributed by atoms with Crippen LogP contribution in [0.3, 0.4) is 0 Å². The quantitative estimate of drug-likeness (QED) is 0.574. The fraction of sp³-hybridized carbons (Fsp3) is 0.440. The Kier molecular flexibility index (Phi) is 9.05. The van der Waals surface area contributed by atoms with Crippen LogP contribution in [0.1, 0.15) is 44.4 Å². The Hall–Kier alpha value is -2.87. The molecule has 0 aromatic heterocycles. The summed E-state index contributed by atoms with van der Waals surface area (Å²) in [5.74, 6) is -0.731. The zero-order chi connectivity index (χ0) is 24.8. The Morgan fingerprint density at radius 2 is 1.70 bits per heavy atom. The molecule has 2 aromatic carbocycles. The van der Waals surface area contributed by atoms with Gasteiger partial charge < -0.3 is 10.2 Å². The molecule has 0 aliphatic carbocycles. The van der Waals surface area contributed by atoms with Crippen molar-refractivity contribution in [3.05, 3.63) is 65.2 Å². The molecule has 0 bridgehead atoms. The second-order valence-electron chi connectivity index (χ2n) is 8.60. The van der Waals surface area contributed by atoms with Crippen molar-refractivity contribution in [1.82, 2.24) is 10.2 Å². The van der Waals surface area contributed by atoms with Crippen LogP contribution in [0.2, 0.25) is 0 Å². The van der Waals surface area contributed by atoms with Crippen molar-refractivity contribution >= 4 is 27.5 Å². The first kappa shape index (κ1) is 26.4. The van der Waals surface area contributed by atoms with Gasteiger partial charge in [-0.1, -0.05) is 55.0 Å². The Morgan fingerprint density at radius 1 is 1.03 bits per heavy atom. The predicted molar refractivity (Wildman–Crippen MR) is 132 cm³/mol. The summed E-state index contributed by atoms with van der Waals surface area (Å²) in [5, 5.41) is 2.84. The minimum Gasteiger partial charge on any atom is -0.352 e. The number of amides is 2. The van der Waals surface area contributed by atoms with E-state index in [1.807, 2.05) is 64.1 Å². The first-order valence-corrected chi connectivity index (χ1v) is 13.0. The zero-order valence-corrected chi connectivity index (χ0v) is 21.1. The number of carbonyl (C=O) groups excluding carboxylic acids is 2. The van der Waals surface area contributed by atoms with Crippen LogP contribution in [0.5, 0.6) is 0 Å². The van der Waals surface area contributed by atoms with E-state index in [9.17, 15) is 18.0 Å². The van der Waals surface area contributed by atoms with E-state index < -0.39 is 22.0 Å². The second-order valence-corrected chi connectivity index (χ2v) is 10.5. The maximum absolute atomic E-state index is 13.5. The number of sulfonamides is 1. The zero-order valence-electron chi connectivity index (χ0n) is 20.3. The lowest BCUT2D eigenvalue weighted by Crippen LogP contribution is -2.52. The molecule has 2 aromatic rings. The summed E-state index contributed by atoms with van der Waals surface area (Å²) >= 11 is 0. The van der Waals surface area contributed by atoms with E-state index >= 15 is 0 Å². The van der Waals surface area contributed by atoms with Crippen LogP contribution in [0.15, 0.2) is 48.5 Å². The van der Waals surface area contributed by atoms with Gasteiger partial charge in [-0.3, -0.25) is 13.9 Å². The van der Waals surface area contributed by atoms with Crippen LogP contribution in [-0.2, 0) is 32.6 Å². The minimum atomic E-state index is -3.74. The summed E-state index contributed by atoms with van der Waals surface area (Å²) in [7, 11) is -3.74. The van der Waals surface area contributed by atoms with Gasteiger partial charge in [-0.05, 0) is 51.3 Å². The monoisotopic (exact) mass is 473 g/mol. The lowest BCUT2D eigenvalue weighted by atomic mass is 10.1. The molecule has 0 heterocycles. The van der Waals surface area contributed by atoms with E-state index in [0.29, 0.717) is 12.1 Å². The van der Waals surface area contributed by atoms with Crippen molar-refractivity contribution in [2.45, 2.75) is 59.7 Å². The number of para-hydroxylation sites is 1. The lowest BCUT2D eigenvalue weighted by molar-refractivity contribution is -0.139. The Labute approximate surface area is 197 Å². The maximum atomic E-state index is 13.5. The lowest BCUT2D eigenvalue weighted by Gasteiger charge is -2.32. The highest BCUT2D eigenvalue weighted by Crippen LogP contribution is 2.24. The van der Waals surface area contributed by atoms with Crippen LogP contribution in [0.25, 0.3) is 0 Å².